The quantitative estimate of drug-likeness (QED) is 0.166. The van der Waals surface area contributed by atoms with Crippen LogP contribution in [0.15, 0.2) is 72.8 Å². The van der Waals surface area contributed by atoms with Gasteiger partial charge in [-0.3, -0.25) is 0 Å². The molecule has 4 fully saturated rings. The summed E-state index contributed by atoms with van der Waals surface area (Å²) < 4.78 is 0. The second-order valence-electron chi connectivity index (χ2n) is 14.6. The van der Waals surface area contributed by atoms with E-state index in [1.807, 2.05) is 0 Å². The summed E-state index contributed by atoms with van der Waals surface area (Å²) >= 11 is -0.106. The first kappa shape index (κ1) is 39.8. The molecule has 0 saturated heterocycles. The first-order chi connectivity index (χ1) is 23.3. The van der Waals surface area contributed by atoms with E-state index < -0.39 is 0 Å². The van der Waals surface area contributed by atoms with Gasteiger partial charge in [0.15, 0.2) is 0 Å². The average molecular weight is 808 g/mol. The van der Waals surface area contributed by atoms with Gasteiger partial charge in [-0.1, -0.05) is 98.5 Å². The fourth-order valence-electron chi connectivity index (χ4n) is 9.02. The van der Waals surface area contributed by atoms with Crippen molar-refractivity contribution in [1.82, 2.24) is 0 Å². The third-order valence-electron chi connectivity index (χ3n) is 11.4. The Balaban J connectivity index is 0.000000197. The molecule has 0 radical (unpaired) electrons. The molecule has 5 heteroatoms. The van der Waals surface area contributed by atoms with E-state index in [2.05, 4.69) is 85.0 Å². The summed E-state index contributed by atoms with van der Waals surface area (Å²) in [6, 6.07) is 21.7. The van der Waals surface area contributed by atoms with E-state index in [-0.39, 0.29) is 31.8 Å². The van der Waals surface area contributed by atoms with Gasteiger partial charge in [0, 0.05) is 15.8 Å². The van der Waals surface area contributed by atoms with E-state index in [1.165, 1.54) is 101 Å². The first-order valence-corrected chi connectivity index (χ1v) is 27.0. The molecule has 0 heterocycles. The van der Waals surface area contributed by atoms with Crippen LogP contribution in [0.4, 0.5) is 0 Å². The zero-order valence-corrected chi connectivity index (χ0v) is 34.1. The number of rotatable bonds is 10. The third kappa shape index (κ3) is 15.4. The molecule has 0 bridgehead atoms. The van der Waals surface area contributed by atoms with Crippen LogP contribution in [0.5, 0.6) is 0 Å². The molecular weight excluding hydrogens is 744 g/mol. The van der Waals surface area contributed by atoms with Crippen molar-refractivity contribution >= 4 is 47.1 Å². The summed E-state index contributed by atoms with van der Waals surface area (Å²) in [5.41, 5.74) is 7.20. The molecule has 47 heavy (non-hydrogen) atoms. The van der Waals surface area contributed by atoms with Gasteiger partial charge in [-0.25, -0.2) is 0 Å². The van der Waals surface area contributed by atoms with Gasteiger partial charge in [-0.2, -0.15) is 0 Å². The Morgan fingerprint density at radius 3 is 0.957 bits per heavy atom. The van der Waals surface area contributed by atoms with Crippen LogP contribution in [0.1, 0.15) is 140 Å². The minimum atomic E-state index is -0.202. The molecule has 4 aliphatic rings. The van der Waals surface area contributed by atoms with Gasteiger partial charge >= 0.3 is 35.0 Å². The zero-order valence-electron chi connectivity index (χ0n) is 29.0. The Morgan fingerprint density at radius 1 is 0.447 bits per heavy atom. The normalized spacial score (nSPS) is 20.8. The number of hydrogen-bond donors (Lipinski definition) is 0. The second kappa shape index (κ2) is 25.1. The van der Waals surface area contributed by atoms with E-state index in [0.717, 1.165) is 22.6 Å². The van der Waals surface area contributed by atoms with Gasteiger partial charge in [0.2, 0.25) is 0 Å². The van der Waals surface area contributed by atoms with E-state index in [1.54, 1.807) is 51.4 Å². The summed E-state index contributed by atoms with van der Waals surface area (Å²) in [5, 5.41) is 0. The number of benzene rings is 2. The Labute approximate surface area is 308 Å². The molecule has 2 aromatic carbocycles. The molecule has 0 unspecified atom stereocenters. The molecule has 4 aliphatic carbocycles. The van der Waals surface area contributed by atoms with Crippen molar-refractivity contribution in [3.05, 3.63) is 83.9 Å². The summed E-state index contributed by atoms with van der Waals surface area (Å²) in [4.78, 5) is 0. The molecule has 0 aromatic heterocycles. The van der Waals surface area contributed by atoms with Crippen molar-refractivity contribution < 1.29 is 15.9 Å². The molecule has 4 saturated carbocycles. The molecule has 0 N–H and O–H groups in total. The van der Waals surface area contributed by atoms with E-state index in [9.17, 15) is 0 Å². The van der Waals surface area contributed by atoms with Crippen LogP contribution in [0.25, 0.3) is 12.2 Å². The predicted octanol–water partition coefficient (Wildman–Crippen LogP) is 14.5. The molecular formula is C42H64Cl2P2Pd+2. The summed E-state index contributed by atoms with van der Waals surface area (Å²) in [5.74, 6) is 0. The van der Waals surface area contributed by atoms with E-state index >= 15 is 0 Å². The molecule has 2 aromatic rings. The number of hydrogen-bond acceptors (Lipinski definition) is 0. The molecule has 0 spiro atoms. The van der Waals surface area contributed by atoms with E-state index in [0.29, 0.717) is 0 Å². The standard InChI is InChI=1S/2C21H31P.2ClH.Pd/c2*1-4-11-19(12-5-1)13-10-18-22(20-14-6-2-7-15-20)21-16-8-3-9-17-21;;;/h2*1,4-5,10-13,20-21H,2-3,6-9,14-18H2;2*1H;/q;;;;+2/b2*13-10+;;;. The summed E-state index contributed by atoms with van der Waals surface area (Å²) in [7, 11) is 9.22. The summed E-state index contributed by atoms with van der Waals surface area (Å²) in [6.07, 6.45) is 43.0. The minimum absolute atomic E-state index is 0.106. The maximum atomic E-state index is 4.81. The fraction of sp³-hybridized carbons (Fsp3) is 0.619. The van der Waals surface area contributed by atoms with Crippen molar-refractivity contribution in [3.63, 3.8) is 0 Å². The average Bonchev–Trinajstić information content (AvgIpc) is 3.15. The molecule has 0 amide bonds. The van der Waals surface area contributed by atoms with Crippen LogP contribution >= 0.6 is 34.9 Å². The van der Waals surface area contributed by atoms with Crippen LogP contribution in [0.3, 0.4) is 0 Å². The Morgan fingerprint density at radius 2 is 0.702 bits per heavy atom. The van der Waals surface area contributed by atoms with Gasteiger partial charge in [-0.15, -0.1) is 0 Å². The molecule has 0 atom stereocenters. The van der Waals surface area contributed by atoms with Gasteiger partial charge in [0.1, 0.15) is 0 Å². The summed E-state index contributed by atoms with van der Waals surface area (Å²) in [6.45, 7) is 0. The first-order valence-electron chi connectivity index (χ1n) is 19.2. The fourth-order valence-corrected chi connectivity index (χ4v) is 17.1. The van der Waals surface area contributed by atoms with Crippen molar-refractivity contribution in [1.29, 1.82) is 0 Å². The van der Waals surface area contributed by atoms with Crippen LogP contribution in [-0.2, 0) is 15.9 Å². The molecule has 264 valence electrons. The van der Waals surface area contributed by atoms with Crippen molar-refractivity contribution in [3.8, 4) is 0 Å². The Kier molecular flexibility index (Phi) is 21.2. The van der Waals surface area contributed by atoms with Crippen molar-refractivity contribution in [2.24, 2.45) is 0 Å². The molecule has 0 aliphatic heterocycles. The van der Waals surface area contributed by atoms with Crippen LogP contribution < -0.4 is 0 Å². The van der Waals surface area contributed by atoms with Crippen molar-refractivity contribution in [2.75, 3.05) is 12.3 Å². The van der Waals surface area contributed by atoms with Crippen LogP contribution in [-0.4, -0.2) is 35.0 Å². The maximum absolute atomic E-state index is 4.81. The zero-order chi connectivity index (χ0) is 32.8. The predicted molar refractivity (Wildman–Crippen MR) is 217 cm³/mol. The molecule has 0 nitrogen and oxygen atoms in total. The van der Waals surface area contributed by atoms with Gasteiger partial charge < -0.3 is 0 Å². The molecule has 6 rings (SSSR count). The number of allylic oxidation sites excluding steroid dienone is 2. The van der Waals surface area contributed by atoms with E-state index in [4.69, 9.17) is 19.1 Å². The van der Waals surface area contributed by atoms with Crippen LogP contribution in [0, 0.1) is 0 Å². The second-order valence-corrected chi connectivity index (χ2v) is 23.3. The Hall–Kier alpha value is 0.0223. The topological polar surface area (TPSA) is 0 Å². The van der Waals surface area contributed by atoms with Gasteiger partial charge in [0.25, 0.3) is 0 Å². The Bertz CT molecular complexity index is 963. The van der Waals surface area contributed by atoms with Crippen molar-refractivity contribution in [2.45, 2.75) is 151 Å². The monoisotopic (exact) mass is 806 g/mol. The van der Waals surface area contributed by atoms with Gasteiger partial charge in [0.05, 0.1) is 35.0 Å². The SMILES string of the molecule is C(=C\c1ccccc1)/C[PH+](C1CCCCC1)C1CCCCC1.C(=C\c1ccccc1)/C[PH+](C1CCCCC1)C1CCCCC1.[Cl][Pd][Cl]. The third-order valence-corrected chi connectivity index (χ3v) is 19.4. The van der Waals surface area contributed by atoms with Crippen LogP contribution in [0.2, 0.25) is 0 Å². The van der Waals surface area contributed by atoms with Gasteiger partial charge in [-0.05, 0) is 126 Å². The number of halogens is 2.